The maximum atomic E-state index is 12.9. The van der Waals surface area contributed by atoms with E-state index in [4.69, 9.17) is 5.11 Å². The molecule has 1 aromatic heterocycles. The Morgan fingerprint density at radius 1 is 1.56 bits per heavy atom. The van der Waals surface area contributed by atoms with Crippen LogP contribution >= 0.6 is 0 Å². The molecule has 0 aliphatic rings. The van der Waals surface area contributed by atoms with Gasteiger partial charge in [0.05, 0.1) is 6.20 Å². The summed E-state index contributed by atoms with van der Waals surface area (Å²) in [7, 11) is 3.11. The molecule has 0 atom stereocenters. The van der Waals surface area contributed by atoms with Crippen LogP contribution in [0, 0.1) is 5.82 Å². The minimum absolute atomic E-state index is 0.132. The molecule has 98 valence electrons. The fourth-order valence-electron chi connectivity index (χ4n) is 1.39. The number of carboxylic acids is 1. The van der Waals surface area contributed by atoms with Gasteiger partial charge in [-0.2, -0.15) is 0 Å². The molecule has 1 heterocycles. The predicted molar refractivity (Wildman–Crippen MR) is 63.1 cm³/mol. The molecule has 6 nitrogen and oxygen atoms in total. The molecule has 0 spiro atoms. The smallest absolute Gasteiger partial charge is 0.339 e. The molecule has 0 aliphatic carbocycles. The van der Waals surface area contributed by atoms with Gasteiger partial charge in [-0.25, -0.2) is 14.2 Å². The fraction of sp³-hybridized carbons (Fsp3) is 0.364. The van der Waals surface area contributed by atoms with Crippen molar-refractivity contribution >= 4 is 17.7 Å². The molecule has 0 fully saturated rings. The first-order valence-electron chi connectivity index (χ1n) is 5.26. The lowest BCUT2D eigenvalue weighted by Gasteiger charge is -2.19. The van der Waals surface area contributed by atoms with E-state index in [1.54, 1.807) is 7.05 Å². The Hall–Kier alpha value is -2.18. The second kappa shape index (κ2) is 5.95. The van der Waals surface area contributed by atoms with Crippen LogP contribution in [-0.4, -0.2) is 42.6 Å². The van der Waals surface area contributed by atoms with Crippen LogP contribution in [0.3, 0.4) is 0 Å². The van der Waals surface area contributed by atoms with Gasteiger partial charge in [0.15, 0.2) is 0 Å². The number of nitrogens with one attached hydrogen (secondary N) is 1. The predicted octanol–water partition coefficient (Wildman–Crippen LogP) is 0.491. The van der Waals surface area contributed by atoms with Crippen LogP contribution in [0.5, 0.6) is 0 Å². The van der Waals surface area contributed by atoms with E-state index >= 15 is 0 Å². The minimum atomic E-state index is -1.26. The van der Waals surface area contributed by atoms with Crippen LogP contribution in [-0.2, 0) is 4.79 Å². The summed E-state index contributed by atoms with van der Waals surface area (Å²) in [6.45, 7) is 0.290. The SMILES string of the molecule is CNC(=O)CCN(C)c1ncc(F)cc1C(=O)O. The van der Waals surface area contributed by atoms with E-state index in [9.17, 15) is 14.0 Å². The molecular formula is C11H14FN3O3. The summed E-state index contributed by atoms with van der Waals surface area (Å²) in [5.74, 6) is -2.01. The lowest BCUT2D eigenvalue weighted by molar-refractivity contribution is -0.120. The Bertz CT molecular complexity index is 465. The van der Waals surface area contributed by atoms with Crippen molar-refractivity contribution in [2.45, 2.75) is 6.42 Å². The van der Waals surface area contributed by atoms with Crippen LogP contribution in [0.1, 0.15) is 16.8 Å². The second-order valence-corrected chi connectivity index (χ2v) is 3.67. The molecule has 0 aromatic carbocycles. The quantitative estimate of drug-likeness (QED) is 0.800. The number of carbonyl (C=O) groups excluding carboxylic acids is 1. The van der Waals surface area contributed by atoms with Crippen LogP contribution < -0.4 is 10.2 Å². The average molecular weight is 255 g/mol. The molecule has 0 saturated heterocycles. The molecule has 0 radical (unpaired) electrons. The van der Waals surface area contributed by atoms with Crippen molar-refractivity contribution in [2.24, 2.45) is 0 Å². The van der Waals surface area contributed by atoms with Crippen LogP contribution in [0.2, 0.25) is 0 Å². The summed E-state index contributed by atoms with van der Waals surface area (Å²) < 4.78 is 12.9. The highest BCUT2D eigenvalue weighted by Crippen LogP contribution is 2.17. The summed E-state index contributed by atoms with van der Waals surface area (Å²) in [5.41, 5.74) is -0.227. The number of halogens is 1. The number of hydrogen-bond acceptors (Lipinski definition) is 4. The molecule has 1 rings (SSSR count). The number of aromatic carboxylic acids is 1. The van der Waals surface area contributed by atoms with Crippen molar-refractivity contribution in [1.82, 2.24) is 10.3 Å². The standard InChI is InChI=1S/C11H14FN3O3/c1-13-9(16)3-4-15(2)10-8(11(17)18)5-7(12)6-14-10/h5-6H,3-4H2,1-2H3,(H,13,16)(H,17,18). The van der Waals surface area contributed by atoms with Crippen molar-refractivity contribution in [2.75, 3.05) is 25.5 Å². The molecule has 0 aliphatic heterocycles. The molecular weight excluding hydrogens is 241 g/mol. The average Bonchev–Trinajstić information content (AvgIpc) is 2.35. The number of nitrogens with zero attached hydrogens (tertiary/aromatic N) is 2. The summed E-state index contributed by atoms with van der Waals surface area (Å²) in [6, 6.07) is 0.904. The monoisotopic (exact) mass is 255 g/mol. The lowest BCUT2D eigenvalue weighted by Crippen LogP contribution is -2.28. The van der Waals surface area contributed by atoms with E-state index in [-0.39, 0.29) is 23.7 Å². The van der Waals surface area contributed by atoms with Gasteiger partial charge < -0.3 is 15.3 Å². The Labute approximate surface area is 103 Å². The van der Waals surface area contributed by atoms with Crippen molar-refractivity contribution < 1.29 is 19.1 Å². The summed E-state index contributed by atoms with van der Waals surface area (Å²) in [4.78, 5) is 27.3. The first-order valence-corrected chi connectivity index (χ1v) is 5.26. The summed E-state index contributed by atoms with van der Waals surface area (Å²) >= 11 is 0. The van der Waals surface area contributed by atoms with Gasteiger partial charge >= 0.3 is 5.97 Å². The summed E-state index contributed by atoms with van der Waals surface area (Å²) in [5, 5.41) is 11.4. The normalized spacial score (nSPS) is 9.94. The molecule has 18 heavy (non-hydrogen) atoms. The lowest BCUT2D eigenvalue weighted by atomic mass is 10.2. The van der Waals surface area contributed by atoms with Gasteiger partial charge in [-0.05, 0) is 6.07 Å². The molecule has 2 N–H and O–H groups in total. The Balaban J connectivity index is 2.88. The molecule has 1 amide bonds. The third-order valence-corrected chi connectivity index (χ3v) is 2.38. The number of pyridine rings is 1. The fourth-order valence-corrected chi connectivity index (χ4v) is 1.39. The second-order valence-electron chi connectivity index (χ2n) is 3.67. The van der Waals surface area contributed by atoms with Crippen LogP contribution in [0.4, 0.5) is 10.2 Å². The van der Waals surface area contributed by atoms with Crippen LogP contribution in [0.25, 0.3) is 0 Å². The largest absolute Gasteiger partial charge is 0.478 e. The highest BCUT2D eigenvalue weighted by Gasteiger charge is 2.16. The molecule has 1 aromatic rings. The topological polar surface area (TPSA) is 82.5 Å². The molecule has 0 bridgehead atoms. The van der Waals surface area contributed by atoms with Gasteiger partial charge in [-0.3, -0.25) is 4.79 Å². The first-order chi connectivity index (χ1) is 8.45. The number of carbonyl (C=O) groups is 2. The highest BCUT2D eigenvalue weighted by molar-refractivity contribution is 5.93. The first kappa shape index (κ1) is 13.9. The van der Waals surface area contributed by atoms with Gasteiger partial charge in [-0.15, -0.1) is 0 Å². The van der Waals surface area contributed by atoms with E-state index in [0.29, 0.717) is 6.54 Å². The van der Waals surface area contributed by atoms with Gasteiger partial charge in [-0.1, -0.05) is 0 Å². The van der Waals surface area contributed by atoms with Gasteiger partial charge in [0.2, 0.25) is 5.91 Å². The molecule has 7 heteroatoms. The van der Waals surface area contributed by atoms with Gasteiger partial charge in [0.25, 0.3) is 0 Å². The maximum absolute atomic E-state index is 12.9. The number of rotatable bonds is 5. The van der Waals surface area contributed by atoms with Crippen molar-refractivity contribution in [3.63, 3.8) is 0 Å². The van der Waals surface area contributed by atoms with E-state index in [2.05, 4.69) is 10.3 Å². The number of anilines is 1. The number of amides is 1. The van der Waals surface area contributed by atoms with Crippen molar-refractivity contribution in [3.05, 3.63) is 23.6 Å². The number of carboxylic acid groups (broad SMARTS) is 1. The third kappa shape index (κ3) is 3.41. The third-order valence-electron chi connectivity index (χ3n) is 2.38. The minimum Gasteiger partial charge on any atom is -0.478 e. The molecule has 0 unspecified atom stereocenters. The van der Waals surface area contributed by atoms with E-state index < -0.39 is 11.8 Å². The van der Waals surface area contributed by atoms with E-state index in [1.807, 2.05) is 0 Å². The van der Waals surface area contributed by atoms with Crippen LogP contribution in [0.15, 0.2) is 12.3 Å². The molecule has 0 saturated carbocycles. The zero-order valence-corrected chi connectivity index (χ0v) is 10.1. The van der Waals surface area contributed by atoms with Gasteiger partial charge in [0.1, 0.15) is 17.2 Å². The Kier molecular flexibility index (Phi) is 4.59. The highest BCUT2D eigenvalue weighted by atomic mass is 19.1. The van der Waals surface area contributed by atoms with E-state index in [1.165, 1.54) is 11.9 Å². The van der Waals surface area contributed by atoms with Crippen molar-refractivity contribution in [1.29, 1.82) is 0 Å². The Morgan fingerprint density at radius 3 is 2.78 bits per heavy atom. The number of hydrogen-bond donors (Lipinski definition) is 2. The summed E-state index contributed by atoms with van der Waals surface area (Å²) in [6.07, 6.45) is 1.14. The number of aromatic nitrogens is 1. The van der Waals surface area contributed by atoms with Crippen molar-refractivity contribution in [3.8, 4) is 0 Å². The zero-order chi connectivity index (χ0) is 13.7. The zero-order valence-electron chi connectivity index (χ0n) is 10.1. The van der Waals surface area contributed by atoms with Gasteiger partial charge in [0, 0.05) is 27.1 Å². The van der Waals surface area contributed by atoms with E-state index in [0.717, 1.165) is 12.3 Å². The maximum Gasteiger partial charge on any atom is 0.339 e. The Morgan fingerprint density at radius 2 is 2.22 bits per heavy atom.